The minimum absolute atomic E-state index is 0.0312. The zero-order valence-corrected chi connectivity index (χ0v) is 14.6. The van der Waals surface area contributed by atoms with Crippen LogP contribution in [0.1, 0.15) is 26.2 Å². The molecule has 0 amide bonds. The van der Waals surface area contributed by atoms with Crippen LogP contribution in [0.3, 0.4) is 0 Å². The molecule has 6 nitrogen and oxygen atoms in total. The first-order valence-corrected chi connectivity index (χ1v) is 10.7. The van der Waals surface area contributed by atoms with E-state index in [1.54, 1.807) is 0 Å². The van der Waals surface area contributed by atoms with Crippen molar-refractivity contribution in [1.29, 1.82) is 0 Å². The molecule has 1 saturated heterocycles. The lowest BCUT2D eigenvalue weighted by Crippen LogP contribution is -2.25. The Bertz CT molecular complexity index is 747. The molecule has 1 aliphatic rings. The topological polar surface area (TPSA) is 83.6 Å². The van der Waals surface area contributed by atoms with Crippen molar-refractivity contribution in [3.05, 3.63) is 23.2 Å². The number of sulfonamides is 2. The molecule has 0 saturated carbocycles. The summed E-state index contributed by atoms with van der Waals surface area (Å²) >= 11 is 6.08. The molecular weight excluding hydrogens is 348 g/mol. The maximum absolute atomic E-state index is 12.0. The SMILES string of the molecule is CCCCS(=O)(=O)Nc1ccc(Cl)c(N2CCCS2(=O)=O)c1. The van der Waals surface area contributed by atoms with Gasteiger partial charge in [-0.2, -0.15) is 0 Å². The fraction of sp³-hybridized carbons (Fsp3) is 0.538. The maximum Gasteiger partial charge on any atom is 0.235 e. The second-order valence-electron chi connectivity index (χ2n) is 5.18. The lowest BCUT2D eigenvalue weighted by Gasteiger charge is -2.19. The summed E-state index contributed by atoms with van der Waals surface area (Å²) in [5.74, 6) is 0.110. The standard InChI is InChI=1S/C13H19ClN2O4S2/c1-2-3-8-21(17,18)15-11-5-6-12(14)13(10-11)16-7-4-9-22(16,19)20/h5-6,10,15H,2-4,7-9H2,1H3. The van der Waals surface area contributed by atoms with Gasteiger partial charge in [-0.05, 0) is 31.0 Å². The molecule has 1 aliphatic heterocycles. The Morgan fingerprint density at radius 2 is 2.09 bits per heavy atom. The minimum atomic E-state index is -3.44. The van der Waals surface area contributed by atoms with Gasteiger partial charge >= 0.3 is 0 Å². The van der Waals surface area contributed by atoms with E-state index in [-0.39, 0.29) is 16.5 Å². The molecule has 0 aliphatic carbocycles. The molecule has 22 heavy (non-hydrogen) atoms. The van der Waals surface area contributed by atoms with Crippen LogP contribution in [0.2, 0.25) is 5.02 Å². The highest BCUT2D eigenvalue weighted by Gasteiger charge is 2.30. The number of hydrogen-bond acceptors (Lipinski definition) is 4. The first kappa shape index (κ1) is 17.4. The molecule has 0 unspecified atom stereocenters. The summed E-state index contributed by atoms with van der Waals surface area (Å²) in [5.41, 5.74) is 0.632. The van der Waals surface area contributed by atoms with Crippen molar-refractivity contribution in [2.75, 3.05) is 27.1 Å². The highest BCUT2D eigenvalue weighted by molar-refractivity contribution is 7.93. The molecule has 1 N–H and O–H groups in total. The van der Waals surface area contributed by atoms with Crippen molar-refractivity contribution in [3.8, 4) is 0 Å². The molecular formula is C13H19ClN2O4S2. The number of hydrogen-bond donors (Lipinski definition) is 1. The summed E-state index contributed by atoms with van der Waals surface area (Å²) in [6.45, 7) is 2.27. The van der Waals surface area contributed by atoms with Crippen LogP contribution in [0.25, 0.3) is 0 Å². The molecule has 1 fully saturated rings. The van der Waals surface area contributed by atoms with E-state index in [0.29, 0.717) is 30.8 Å². The van der Waals surface area contributed by atoms with Gasteiger partial charge in [0.25, 0.3) is 0 Å². The number of halogens is 1. The third-order valence-corrected chi connectivity index (χ3v) is 6.90. The average Bonchev–Trinajstić information content (AvgIpc) is 2.78. The Kier molecular flexibility index (Phi) is 5.24. The normalized spacial score (nSPS) is 17.6. The van der Waals surface area contributed by atoms with Gasteiger partial charge in [0.2, 0.25) is 20.0 Å². The number of nitrogens with one attached hydrogen (secondary N) is 1. The fourth-order valence-electron chi connectivity index (χ4n) is 2.24. The van der Waals surface area contributed by atoms with E-state index in [0.717, 1.165) is 6.42 Å². The van der Waals surface area contributed by atoms with Crippen molar-refractivity contribution >= 4 is 43.0 Å². The van der Waals surface area contributed by atoms with Crippen molar-refractivity contribution in [2.24, 2.45) is 0 Å². The third kappa shape index (κ3) is 4.05. The first-order valence-electron chi connectivity index (χ1n) is 7.05. The van der Waals surface area contributed by atoms with E-state index >= 15 is 0 Å². The molecule has 0 atom stereocenters. The van der Waals surface area contributed by atoms with Gasteiger partial charge in [0.05, 0.1) is 27.9 Å². The van der Waals surface area contributed by atoms with E-state index in [1.165, 1.54) is 22.5 Å². The largest absolute Gasteiger partial charge is 0.283 e. The number of nitrogens with zero attached hydrogens (tertiary/aromatic N) is 1. The number of rotatable bonds is 6. The first-order chi connectivity index (χ1) is 10.2. The van der Waals surface area contributed by atoms with Gasteiger partial charge in [-0.3, -0.25) is 9.03 Å². The predicted molar refractivity (Wildman–Crippen MR) is 89.5 cm³/mol. The average molecular weight is 367 g/mol. The highest BCUT2D eigenvalue weighted by Crippen LogP contribution is 2.33. The third-order valence-electron chi connectivity index (χ3n) is 3.35. The zero-order valence-electron chi connectivity index (χ0n) is 12.2. The molecule has 1 heterocycles. The summed E-state index contributed by atoms with van der Waals surface area (Å²) in [6, 6.07) is 4.50. The Labute approximate surface area is 136 Å². The molecule has 1 aromatic rings. The van der Waals surface area contributed by atoms with Crippen LogP contribution in [0.15, 0.2) is 18.2 Å². The molecule has 9 heteroatoms. The van der Waals surface area contributed by atoms with Gasteiger partial charge in [0.15, 0.2) is 0 Å². The summed E-state index contributed by atoms with van der Waals surface area (Å²) in [4.78, 5) is 0. The lowest BCUT2D eigenvalue weighted by atomic mass is 10.3. The second-order valence-corrected chi connectivity index (χ2v) is 9.44. The Balaban J connectivity index is 2.28. The maximum atomic E-state index is 12.0. The fourth-order valence-corrected chi connectivity index (χ4v) is 5.34. The smallest absolute Gasteiger partial charge is 0.235 e. The van der Waals surface area contributed by atoms with Crippen LogP contribution in [-0.2, 0) is 20.0 Å². The molecule has 0 bridgehead atoms. The van der Waals surface area contributed by atoms with E-state index in [4.69, 9.17) is 11.6 Å². The summed E-state index contributed by atoms with van der Waals surface area (Å²) < 4.78 is 51.5. The van der Waals surface area contributed by atoms with Gasteiger partial charge < -0.3 is 0 Å². The van der Waals surface area contributed by atoms with E-state index in [2.05, 4.69) is 4.72 Å². The highest BCUT2D eigenvalue weighted by atomic mass is 35.5. The summed E-state index contributed by atoms with van der Waals surface area (Å²) in [5, 5.41) is 0.280. The van der Waals surface area contributed by atoms with Gasteiger partial charge in [-0.15, -0.1) is 0 Å². The van der Waals surface area contributed by atoms with Gasteiger partial charge in [-0.1, -0.05) is 24.9 Å². The number of unbranched alkanes of at least 4 members (excludes halogenated alkanes) is 1. The molecule has 0 spiro atoms. The lowest BCUT2D eigenvalue weighted by molar-refractivity contribution is 0.597. The predicted octanol–water partition coefficient (Wildman–Crippen LogP) is 2.42. The van der Waals surface area contributed by atoms with Crippen molar-refractivity contribution < 1.29 is 16.8 Å². The molecule has 124 valence electrons. The molecule has 1 aromatic carbocycles. The van der Waals surface area contributed by atoms with Crippen LogP contribution in [0, 0.1) is 0 Å². The Hall–Kier alpha value is -0.990. The number of anilines is 2. The summed E-state index contributed by atoms with van der Waals surface area (Å²) in [6.07, 6.45) is 1.88. The molecule has 0 radical (unpaired) electrons. The van der Waals surface area contributed by atoms with Crippen LogP contribution in [0.4, 0.5) is 11.4 Å². The van der Waals surface area contributed by atoms with Crippen LogP contribution in [0.5, 0.6) is 0 Å². The van der Waals surface area contributed by atoms with Crippen molar-refractivity contribution in [2.45, 2.75) is 26.2 Å². The summed E-state index contributed by atoms with van der Waals surface area (Å²) in [7, 11) is -6.81. The molecule has 2 rings (SSSR count). The van der Waals surface area contributed by atoms with Crippen LogP contribution in [-0.4, -0.2) is 34.9 Å². The molecule has 0 aromatic heterocycles. The second kappa shape index (κ2) is 6.64. The monoisotopic (exact) mass is 366 g/mol. The quantitative estimate of drug-likeness (QED) is 0.838. The van der Waals surface area contributed by atoms with Gasteiger partial charge in [0.1, 0.15) is 0 Å². The van der Waals surface area contributed by atoms with Gasteiger partial charge in [-0.25, -0.2) is 16.8 Å². The number of benzene rings is 1. The van der Waals surface area contributed by atoms with E-state index in [9.17, 15) is 16.8 Å². The Morgan fingerprint density at radius 1 is 1.36 bits per heavy atom. The van der Waals surface area contributed by atoms with Crippen molar-refractivity contribution in [3.63, 3.8) is 0 Å². The van der Waals surface area contributed by atoms with Crippen LogP contribution < -0.4 is 9.03 Å². The van der Waals surface area contributed by atoms with E-state index in [1.807, 2.05) is 6.92 Å². The van der Waals surface area contributed by atoms with Gasteiger partial charge in [0, 0.05) is 6.54 Å². The Morgan fingerprint density at radius 3 is 2.68 bits per heavy atom. The minimum Gasteiger partial charge on any atom is -0.283 e. The van der Waals surface area contributed by atoms with E-state index < -0.39 is 20.0 Å². The zero-order chi connectivity index (χ0) is 16.4. The van der Waals surface area contributed by atoms with Crippen LogP contribution >= 0.6 is 11.6 Å². The van der Waals surface area contributed by atoms with Crippen molar-refractivity contribution in [1.82, 2.24) is 0 Å².